The van der Waals surface area contributed by atoms with E-state index in [4.69, 9.17) is 18.9 Å². The van der Waals surface area contributed by atoms with Crippen LogP contribution in [0.15, 0.2) is 35.7 Å². The van der Waals surface area contributed by atoms with E-state index in [-0.39, 0.29) is 31.0 Å². The minimum Gasteiger partial charge on any atom is -0.497 e. The van der Waals surface area contributed by atoms with E-state index < -0.39 is 23.8 Å². The number of carbonyl (C=O) groups is 3. The number of benzene rings is 1. The van der Waals surface area contributed by atoms with Crippen molar-refractivity contribution >= 4 is 23.8 Å². The maximum absolute atomic E-state index is 13.1. The Morgan fingerprint density at radius 2 is 1.87 bits per heavy atom. The van der Waals surface area contributed by atoms with Crippen molar-refractivity contribution in [1.29, 1.82) is 0 Å². The van der Waals surface area contributed by atoms with Crippen molar-refractivity contribution < 1.29 is 33.3 Å². The molecule has 0 radical (unpaired) electrons. The van der Waals surface area contributed by atoms with E-state index >= 15 is 0 Å². The lowest BCUT2D eigenvalue weighted by Crippen LogP contribution is -2.58. The van der Waals surface area contributed by atoms with Crippen molar-refractivity contribution in [3.05, 3.63) is 46.8 Å². The fourth-order valence-corrected chi connectivity index (χ4v) is 4.17. The minimum atomic E-state index is -2.25. The number of carbonyl (C=O) groups excluding carboxylic acids is 3. The van der Waals surface area contributed by atoms with Gasteiger partial charge in [0.25, 0.3) is 5.60 Å². The van der Waals surface area contributed by atoms with Gasteiger partial charge in [-0.3, -0.25) is 4.79 Å². The van der Waals surface area contributed by atoms with Gasteiger partial charge in [-0.1, -0.05) is 6.07 Å². The van der Waals surface area contributed by atoms with E-state index in [1.165, 1.54) is 0 Å². The summed E-state index contributed by atoms with van der Waals surface area (Å²) < 4.78 is 21.9. The molecule has 0 fully saturated rings. The minimum absolute atomic E-state index is 0.0114. The van der Waals surface area contributed by atoms with Crippen LogP contribution in [-0.4, -0.2) is 48.5 Å². The predicted molar refractivity (Wildman–Crippen MR) is 105 cm³/mol. The molecule has 30 heavy (non-hydrogen) atoms. The number of methoxy groups -OCH3 is 1. The van der Waals surface area contributed by atoms with Crippen LogP contribution in [0, 0.1) is 0 Å². The number of ketones is 1. The molecule has 158 valence electrons. The third-order valence-corrected chi connectivity index (χ3v) is 5.46. The van der Waals surface area contributed by atoms with Gasteiger partial charge in [-0.25, -0.2) is 9.59 Å². The lowest BCUT2D eigenvalue weighted by atomic mass is 9.87. The van der Waals surface area contributed by atoms with Crippen molar-refractivity contribution in [3.8, 4) is 5.75 Å². The van der Waals surface area contributed by atoms with Crippen molar-refractivity contribution in [2.45, 2.75) is 38.5 Å². The van der Waals surface area contributed by atoms with Crippen LogP contribution >= 0.6 is 0 Å². The summed E-state index contributed by atoms with van der Waals surface area (Å²) in [6.07, 6.45) is 3.45. The van der Waals surface area contributed by atoms with Crippen LogP contribution in [0.2, 0.25) is 0 Å². The number of allylic oxidation sites excluding steroid dienone is 1. The van der Waals surface area contributed by atoms with Gasteiger partial charge >= 0.3 is 11.9 Å². The van der Waals surface area contributed by atoms with E-state index in [0.29, 0.717) is 17.9 Å². The molecule has 1 aliphatic carbocycles. The molecule has 0 bridgehead atoms. The molecule has 1 unspecified atom stereocenters. The van der Waals surface area contributed by atoms with E-state index in [1.807, 2.05) is 18.2 Å². The van der Waals surface area contributed by atoms with Gasteiger partial charge in [-0.2, -0.15) is 0 Å². The van der Waals surface area contributed by atoms with E-state index in [2.05, 4.69) is 0 Å². The molecule has 1 aromatic carbocycles. The van der Waals surface area contributed by atoms with Crippen molar-refractivity contribution in [1.82, 2.24) is 4.90 Å². The number of Topliss-reactive ketones (excluding diaryl/α,β-unsaturated/α-hetero) is 1. The summed E-state index contributed by atoms with van der Waals surface area (Å²) in [7, 11) is 1.57. The molecule has 3 aliphatic rings. The van der Waals surface area contributed by atoms with Crippen molar-refractivity contribution in [3.63, 3.8) is 0 Å². The fourth-order valence-electron chi connectivity index (χ4n) is 4.17. The molecule has 1 aromatic rings. The first-order valence-corrected chi connectivity index (χ1v) is 9.91. The zero-order chi connectivity index (χ0) is 21.5. The third kappa shape index (κ3) is 2.82. The largest absolute Gasteiger partial charge is 0.497 e. The molecule has 2 heterocycles. The molecule has 2 aliphatic heterocycles. The number of rotatable bonds is 5. The topological polar surface area (TPSA) is 91.4 Å². The summed E-state index contributed by atoms with van der Waals surface area (Å²) in [6.45, 7) is 3.32. The van der Waals surface area contributed by atoms with Crippen LogP contribution < -0.4 is 4.74 Å². The molecule has 0 saturated heterocycles. The molecule has 8 nitrogen and oxygen atoms in total. The number of nitrogens with zero attached hydrogens (tertiary/aromatic N) is 1. The lowest BCUT2D eigenvalue weighted by Gasteiger charge is -2.45. The number of esters is 2. The summed E-state index contributed by atoms with van der Waals surface area (Å²) in [6, 6.07) is 5.44. The second kappa shape index (κ2) is 7.60. The SMILES string of the molecule is CCOC(=O)C1(C(=O)OCC)OC2c3ccc(OC)cc3C=CN2C2=C1C(=O)CC2. The molecule has 4 rings (SSSR count). The average molecular weight is 413 g/mol. The second-order valence-electron chi connectivity index (χ2n) is 7.06. The number of ether oxygens (including phenoxy) is 4. The highest BCUT2D eigenvalue weighted by atomic mass is 16.6. The Morgan fingerprint density at radius 1 is 1.17 bits per heavy atom. The first kappa shape index (κ1) is 20.2. The van der Waals surface area contributed by atoms with Crippen LogP contribution in [0.25, 0.3) is 6.08 Å². The number of hydrogen-bond donors (Lipinski definition) is 0. The molecular formula is C22H23NO7. The fraction of sp³-hybridized carbons (Fsp3) is 0.409. The van der Waals surface area contributed by atoms with Crippen LogP contribution in [-0.2, 0) is 28.6 Å². The third-order valence-electron chi connectivity index (χ3n) is 5.46. The highest BCUT2D eigenvalue weighted by Gasteiger charge is 2.63. The predicted octanol–water partition coefficient (Wildman–Crippen LogP) is 2.49. The molecule has 0 aromatic heterocycles. The number of fused-ring (bicyclic) bond motifs is 4. The Hall–Kier alpha value is -3.13. The second-order valence-corrected chi connectivity index (χ2v) is 7.06. The van der Waals surface area contributed by atoms with Gasteiger partial charge in [0.2, 0.25) is 0 Å². The quantitative estimate of drug-likeness (QED) is 0.537. The Bertz CT molecular complexity index is 960. The average Bonchev–Trinajstić information content (AvgIpc) is 3.15. The first-order chi connectivity index (χ1) is 14.5. The van der Waals surface area contributed by atoms with Gasteiger partial charge in [0, 0.05) is 23.9 Å². The normalized spacial score (nSPS) is 21.0. The monoisotopic (exact) mass is 413 g/mol. The lowest BCUT2D eigenvalue weighted by molar-refractivity contribution is -0.205. The molecule has 8 heteroatoms. The van der Waals surface area contributed by atoms with Gasteiger partial charge in [0.05, 0.1) is 25.9 Å². The van der Waals surface area contributed by atoms with E-state index in [0.717, 1.165) is 11.1 Å². The van der Waals surface area contributed by atoms with Crippen LogP contribution in [0.4, 0.5) is 0 Å². The van der Waals surface area contributed by atoms with Crippen LogP contribution in [0.3, 0.4) is 0 Å². The smallest absolute Gasteiger partial charge is 0.355 e. The Labute approximate surface area is 174 Å². The van der Waals surface area contributed by atoms with Gasteiger partial charge in [0.15, 0.2) is 12.0 Å². The summed E-state index contributed by atoms with van der Waals surface area (Å²) in [5.41, 5.74) is -0.0986. The summed E-state index contributed by atoms with van der Waals surface area (Å²) in [5, 5.41) is 0. The summed E-state index contributed by atoms with van der Waals surface area (Å²) in [4.78, 5) is 40.9. The maximum Gasteiger partial charge on any atom is 0.355 e. The van der Waals surface area contributed by atoms with Crippen molar-refractivity contribution in [2.24, 2.45) is 0 Å². The summed E-state index contributed by atoms with van der Waals surface area (Å²) in [5.74, 6) is -1.52. The Kier molecular flexibility index (Phi) is 5.11. The zero-order valence-corrected chi connectivity index (χ0v) is 17.1. The Morgan fingerprint density at radius 3 is 2.50 bits per heavy atom. The van der Waals surface area contributed by atoms with Crippen LogP contribution in [0.5, 0.6) is 5.75 Å². The molecular weight excluding hydrogens is 390 g/mol. The first-order valence-electron chi connectivity index (χ1n) is 9.91. The highest BCUT2D eigenvalue weighted by molar-refractivity contribution is 6.18. The maximum atomic E-state index is 13.1. The molecule has 0 saturated carbocycles. The molecule has 0 spiro atoms. The number of hydrogen-bond acceptors (Lipinski definition) is 8. The molecule has 0 N–H and O–H groups in total. The van der Waals surface area contributed by atoms with Gasteiger partial charge < -0.3 is 23.8 Å². The van der Waals surface area contributed by atoms with E-state index in [9.17, 15) is 14.4 Å². The molecule has 0 amide bonds. The zero-order valence-electron chi connectivity index (χ0n) is 17.1. The van der Waals surface area contributed by atoms with Crippen LogP contribution in [0.1, 0.15) is 44.0 Å². The standard InChI is InChI=1S/C22H23NO7/c1-4-28-20(25)22(21(26)29-5-2)18-16(8-9-17(18)24)23-11-10-13-12-14(27-3)6-7-15(13)19(23)30-22/h6-7,10-12,19H,4-5,8-9H2,1-3H3. The highest BCUT2D eigenvalue weighted by Crippen LogP contribution is 2.50. The van der Waals surface area contributed by atoms with Gasteiger partial charge in [-0.15, -0.1) is 0 Å². The molecule has 1 atom stereocenters. The van der Waals surface area contributed by atoms with E-state index in [1.54, 1.807) is 38.1 Å². The van der Waals surface area contributed by atoms with Crippen molar-refractivity contribution in [2.75, 3.05) is 20.3 Å². The Balaban J connectivity index is 1.92. The van der Waals surface area contributed by atoms with Gasteiger partial charge in [0.1, 0.15) is 5.75 Å². The van der Waals surface area contributed by atoms with Gasteiger partial charge in [-0.05, 0) is 44.0 Å². The summed E-state index contributed by atoms with van der Waals surface area (Å²) >= 11 is 0.